The van der Waals surface area contributed by atoms with Crippen molar-refractivity contribution in [1.82, 2.24) is 4.98 Å². The van der Waals surface area contributed by atoms with Crippen molar-refractivity contribution >= 4 is 5.97 Å². The predicted molar refractivity (Wildman–Crippen MR) is 63.6 cm³/mol. The maximum Gasteiger partial charge on any atom is 0.341 e. The maximum absolute atomic E-state index is 11.2. The average molecular weight is 235 g/mol. The van der Waals surface area contributed by atoms with Crippen molar-refractivity contribution in [3.05, 3.63) is 22.9 Å². The van der Waals surface area contributed by atoms with E-state index in [4.69, 9.17) is 9.84 Å². The Labute approximate surface area is 101 Å². The molecule has 2 rings (SSSR count). The molecule has 1 aromatic heterocycles. The Bertz CT molecular complexity index is 443. The molecule has 92 valence electrons. The molecule has 4 nitrogen and oxygen atoms in total. The summed E-state index contributed by atoms with van der Waals surface area (Å²) < 4.78 is 5.59. The highest BCUT2D eigenvalue weighted by Crippen LogP contribution is 2.27. The van der Waals surface area contributed by atoms with E-state index in [2.05, 4.69) is 4.98 Å². The second-order valence-corrected chi connectivity index (χ2v) is 4.44. The van der Waals surface area contributed by atoms with Gasteiger partial charge in [-0.05, 0) is 44.2 Å². The Morgan fingerprint density at radius 1 is 1.59 bits per heavy atom. The van der Waals surface area contributed by atoms with E-state index in [9.17, 15) is 4.79 Å². The molecule has 0 bridgehead atoms. The number of nitrogens with zero attached hydrogens (tertiary/aromatic N) is 1. The van der Waals surface area contributed by atoms with Crippen LogP contribution in [0.3, 0.4) is 0 Å². The number of rotatable bonds is 4. The van der Waals surface area contributed by atoms with E-state index < -0.39 is 5.97 Å². The zero-order valence-electron chi connectivity index (χ0n) is 10.2. The van der Waals surface area contributed by atoms with Gasteiger partial charge in [-0.2, -0.15) is 0 Å². The summed E-state index contributed by atoms with van der Waals surface area (Å²) in [6.45, 7) is 3.92. The third kappa shape index (κ3) is 2.40. The fraction of sp³-hybridized carbons (Fsp3) is 0.538. The van der Waals surface area contributed by atoms with E-state index in [1.165, 1.54) is 0 Å². The van der Waals surface area contributed by atoms with Crippen LogP contribution < -0.4 is 4.74 Å². The SMILES string of the molecule is CCC(C)Oc1nc2c(cc1C(=O)O)CCC2. The molecule has 0 radical (unpaired) electrons. The monoisotopic (exact) mass is 235 g/mol. The number of fused-ring (bicyclic) bond motifs is 1. The summed E-state index contributed by atoms with van der Waals surface area (Å²) >= 11 is 0. The number of carboxylic acid groups (broad SMARTS) is 1. The molecule has 0 saturated heterocycles. The summed E-state index contributed by atoms with van der Waals surface area (Å²) in [5.41, 5.74) is 2.23. The maximum atomic E-state index is 11.2. The minimum atomic E-state index is -0.967. The van der Waals surface area contributed by atoms with Crippen molar-refractivity contribution < 1.29 is 14.6 Å². The average Bonchev–Trinajstić information content (AvgIpc) is 2.74. The van der Waals surface area contributed by atoms with E-state index >= 15 is 0 Å². The van der Waals surface area contributed by atoms with Crippen LogP contribution >= 0.6 is 0 Å². The zero-order chi connectivity index (χ0) is 12.4. The molecule has 1 atom stereocenters. The molecule has 0 aromatic carbocycles. The van der Waals surface area contributed by atoms with Crippen LogP contribution in [0, 0.1) is 0 Å². The van der Waals surface area contributed by atoms with Gasteiger partial charge < -0.3 is 9.84 Å². The van der Waals surface area contributed by atoms with Crippen LogP contribution in [-0.2, 0) is 12.8 Å². The lowest BCUT2D eigenvalue weighted by molar-refractivity contribution is 0.0688. The van der Waals surface area contributed by atoms with Gasteiger partial charge in [0.15, 0.2) is 0 Å². The Balaban J connectivity index is 2.38. The fourth-order valence-electron chi connectivity index (χ4n) is 1.97. The summed E-state index contributed by atoms with van der Waals surface area (Å²) in [6.07, 6.45) is 3.71. The van der Waals surface area contributed by atoms with E-state index in [0.717, 1.165) is 36.9 Å². The van der Waals surface area contributed by atoms with Crippen molar-refractivity contribution in [2.45, 2.75) is 45.6 Å². The molecule has 1 heterocycles. The van der Waals surface area contributed by atoms with Gasteiger partial charge >= 0.3 is 5.97 Å². The Kier molecular flexibility index (Phi) is 3.31. The van der Waals surface area contributed by atoms with Crippen molar-refractivity contribution in [3.8, 4) is 5.88 Å². The molecule has 1 aromatic rings. The van der Waals surface area contributed by atoms with Crippen molar-refractivity contribution in [3.63, 3.8) is 0 Å². The topological polar surface area (TPSA) is 59.4 Å². The molecule has 1 aliphatic carbocycles. The molecular weight excluding hydrogens is 218 g/mol. The van der Waals surface area contributed by atoms with Gasteiger partial charge in [0.1, 0.15) is 5.56 Å². The molecule has 0 aliphatic heterocycles. The standard InChI is InChI=1S/C13H17NO3/c1-3-8(2)17-12-10(13(15)16)7-9-5-4-6-11(9)14-12/h7-8H,3-6H2,1-2H3,(H,15,16). The number of carboxylic acids is 1. The van der Waals surface area contributed by atoms with E-state index in [-0.39, 0.29) is 17.5 Å². The molecule has 0 saturated carbocycles. The third-order valence-corrected chi connectivity index (χ3v) is 3.13. The first-order valence-corrected chi connectivity index (χ1v) is 6.04. The molecule has 0 fully saturated rings. The smallest absolute Gasteiger partial charge is 0.341 e. The Morgan fingerprint density at radius 3 is 3.00 bits per heavy atom. The van der Waals surface area contributed by atoms with Crippen LogP contribution in [0.2, 0.25) is 0 Å². The van der Waals surface area contributed by atoms with Crippen molar-refractivity contribution in [2.75, 3.05) is 0 Å². The number of hydrogen-bond donors (Lipinski definition) is 1. The van der Waals surface area contributed by atoms with Gasteiger partial charge in [-0.1, -0.05) is 6.92 Å². The second kappa shape index (κ2) is 4.73. The largest absolute Gasteiger partial charge is 0.477 e. The highest BCUT2D eigenvalue weighted by Gasteiger charge is 2.21. The van der Waals surface area contributed by atoms with Gasteiger partial charge in [0.05, 0.1) is 6.10 Å². The van der Waals surface area contributed by atoms with Crippen molar-refractivity contribution in [1.29, 1.82) is 0 Å². The normalized spacial score (nSPS) is 15.4. The number of aromatic nitrogens is 1. The highest BCUT2D eigenvalue weighted by atomic mass is 16.5. The first kappa shape index (κ1) is 11.9. The summed E-state index contributed by atoms with van der Waals surface area (Å²) in [7, 11) is 0. The minimum absolute atomic E-state index is 0.0138. The molecule has 1 N–H and O–H groups in total. The summed E-state index contributed by atoms with van der Waals surface area (Å²) in [6, 6.07) is 1.72. The minimum Gasteiger partial charge on any atom is -0.477 e. The van der Waals surface area contributed by atoms with Gasteiger partial charge in [0.2, 0.25) is 5.88 Å². The predicted octanol–water partition coefficient (Wildman–Crippen LogP) is 2.45. The molecular formula is C13H17NO3. The van der Waals surface area contributed by atoms with Crippen LogP contribution in [0.15, 0.2) is 6.07 Å². The molecule has 1 aliphatic rings. The highest BCUT2D eigenvalue weighted by molar-refractivity contribution is 5.90. The van der Waals surface area contributed by atoms with E-state index in [1.54, 1.807) is 6.07 Å². The quantitative estimate of drug-likeness (QED) is 0.870. The van der Waals surface area contributed by atoms with Gasteiger partial charge in [0.25, 0.3) is 0 Å². The summed E-state index contributed by atoms with van der Waals surface area (Å²) in [5, 5.41) is 9.16. The number of aromatic carboxylic acids is 1. The van der Waals surface area contributed by atoms with Crippen molar-refractivity contribution in [2.24, 2.45) is 0 Å². The Hall–Kier alpha value is -1.58. The van der Waals surface area contributed by atoms with Crippen LogP contribution in [-0.4, -0.2) is 22.2 Å². The summed E-state index contributed by atoms with van der Waals surface area (Å²) in [5.74, 6) is -0.696. The number of pyridine rings is 1. The summed E-state index contributed by atoms with van der Waals surface area (Å²) in [4.78, 5) is 15.5. The van der Waals surface area contributed by atoms with Gasteiger partial charge in [0, 0.05) is 5.69 Å². The lowest BCUT2D eigenvalue weighted by atomic mass is 10.1. The van der Waals surface area contributed by atoms with Crippen LogP contribution in [0.5, 0.6) is 5.88 Å². The van der Waals surface area contributed by atoms with Gasteiger partial charge in [-0.25, -0.2) is 9.78 Å². The van der Waals surface area contributed by atoms with Gasteiger partial charge in [-0.15, -0.1) is 0 Å². The van der Waals surface area contributed by atoms with Crippen LogP contribution in [0.4, 0.5) is 0 Å². The molecule has 0 amide bonds. The second-order valence-electron chi connectivity index (χ2n) is 4.44. The lowest BCUT2D eigenvalue weighted by Gasteiger charge is -2.14. The Morgan fingerprint density at radius 2 is 2.35 bits per heavy atom. The number of carbonyl (C=O) groups is 1. The first-order chi connectivity index (χ1) is 8.11. The van der Waals surface area contributed by atoms with E-state index in [1.807, 2.05) is 13.8 Å². The van der Waals surface area contributed by atoms with Crippen LogP contribution in [0.25, 0.3) is 0 Å². The fourth-order valence-corrected chi connectivity index (χ4v) is 1.97. The number of ether oxygens (including phenoxy) is 1. The molecule has 0 spiro atoms. The first-order valence-electron chi connectivity index (χ1n) is 6.04. The third-order valence-electron chi connectivity index (χ3n) is 3.13. The number of hydrogen-bond acceptors (Lipinski definition) is 3. The zero-order valence-corrected chi connectivity index (χ0v) is 10.2. The number of aryl methyl sites for hydroxylation is 2. The van der Waals surface area contributed by atoms with E-state index in [0.29, 0.717) is 0 Å². The van der Waals surface area contributed by atoms with Crippen LogP contribution in [0.1, 0.15) is 48.3 Å². The lowest BCUT2D eigenvalue weighted by Crippen LogP contribution is -2.15. The molecule has 1 unspecified atom stereocenters. The molecule has 17 heavy (non-hydrogen) atoms. The molecule has 4 heteroatoms. The van der Waals surface area contributed by atoms with Gasteiger partial charge in [-0.3, -0.25) is 0 Å².